The number of ether oxygens (including phenoxy) is 5. The molecule has 1 amide bonds. The van der Waals surface area contributed by atoms with Crippen molar-refractivity contribution in [2.45, 2.75) is 193 Å². The predicted molar refractivity (Wildman–Crippen MR) is 274 cm³/mol. The van der Waals surface area contributed by atoms with Gasteiger partial charge in [0.25, 0.3) is 11.7 Å². The van der Waals surface area contributed by atoms with Crippen LogP contribution in [0, 0.1) is 35.5 Å². The normalized spacial score (nSPS) is 36.2. The van der Waals surface area contributed by atoms with Crippen LogP contribution >= 0.6 is 7.60 Å². The molecule has 0 spiro atoms. The molecule has 0 aromatic heterocycles. The van der Waals surface area contributed by atoms with E-state index in [0.717, 1.165) is 5.57 Å². The molecule has 3 unspecified atom stereocenters. The molecule has 4 aliphatic rings. The van der Waals surface area contributed by atoms with Crippen LogP contribution in [0.4, 0.5) is 0 Å². The third-order valence-corrected chi connectivity index (χ3v) is 16.6. The van der Waals surface area contributed by atoms with E-state index in [2.05, 4.69) is 0 Å². The summed E-state index contributed by atoms with van der Waals surface area (Å²) in [6.07, 6.45) is 11.6. The Morgan fingerprint density at radius 2 is 1.61 bits per heavy atom. The molecule has 3 fully saturated rings. The fourth-order valence-electron chi connectivity index (χ4n) is 10.8. The van der Waals surface area contributed by atoms with Crippen LogP contribution in [0.1, 0.15) is 139 Å². The predicted octanol–water partition coefficient (Wildman–Crippen LogP) is 8.45. The number of hydrogen-bond donors (Lipinski definition) is 2. The molecule has 1 aliphatic carbocycles. The van der Waals surface area contributed by atoms with E-state index in [1.165, 1.54) is 18.7 Å². The number of methoxy groups -OCH3 is 3. The fourth-order valence-corrected chi connectivity index (χ4v) is 12.1. The highest BCUT2D eigenvalue weighted by atomic mass is 31.2. The van der Waals surface area contributed by atoms with Crippen LogP contribution in [0.2, 0.25) is 0 Å². The molecule has 408 valence electrons. The number of hydrogen-bond acceptors (Lipinski definition) is 15. The van der Waals surface area contributed by atoms with Gasteiger partial charge in [0, 0.05) is 65.1 Å². The highest BCUT2D eigenvalue weighted by molar-refractivity contribution is 7.53. The number of rotatable bonds is 11. The highest BCUT2D eigenvalue weighted by Crippen LogP contribution is 2.49. The third-order valence-electron chi connectivity index (χ3n) is 15.3. The SMILES string of the molecule is CCCOP(C)(=O)O[C@@H]1CC[C@@H](C[C@@H](C)C2CC(=O)C(C)=CC(C)[C@@H](O)[C@@H](OC)C(=O)[C@H](C)C[C@H](C)C=CC=CC=C(C)[C@@H](OC)C[C@@H]3CC[C@@H](C)[C@@](O)(O3)C(=O)C(=O)N3CCCC[C@H]3C(=O)O2)C[C@H]1OC. The maximum atomic E-state index is 14.5. The van der Waals surface area contributed by atoms with Crippen molar-refractivity contribution < 1.29 is 71.5 Å². The molecule has 16 nitrogen and oxygen atoms in total. The topological polar surface area (TPSA) is 211 Å². The lowest BCUT2D eigenvalue weighted by Crippen LogP contribution is -2.61. The molecule has 0 aromatic carbocycles. The quantitative estimate of drug-likeness (QED) is 0.113. The number of carbonyl (C=O) groups excluding carboxylic acids is 5. The Hall–Kier alpha value is -3.18. The number of esters is 1. The summed E-state index contributed by atoms with van der Waals surface area (Å²) in [5, 5.41) is 23.5. The molecule has 3 aliphatic heterocycles. The van der Waals surface area contributed by atoms with Crippen molar-refractivity contribution >= 4 is 36.8 Å². The van der Waals surface area contributed by atoms with Gasteiger partial charge in [0.15, 0.2) is 11.6 Å². The molecule has 16 atom stereocenters. The number of aliphatic hydroxyl groups excluding tert-OH is 1. The van der Waals surface area contributed by atoms with E-state index in [4.69, 9.17) is 32.7 Å². The lowest BCUT2D eigenvalue weighted by molar-refractivity contribution is -0.265. The number of aliphatic hydroxyl groups is 2. The number of allylic oxidation sites excluding steroid dienone is 6. The largest absolute Gasteiger partial charge is 0.460 e. The second kappa shape index (κ2) is 28.6. The summed E-state index contributed by atoms with van der Waals surface area (Å²) in [6, 6.07) is -1.17. The van der Waals surface area contributed by atoms with E-state index >= 15 is 0 Å². The molecule has 0 aromatic rings. The summed E-state index contributed by atoms with van der Waals surface area (Å²) >= 11 is 0. The number of amides is 1. The Bertz CT molecular complexity index is 2000. The number of carbonyl (C=O) groups is 5. The minimum atomic E-state index is -3.33. The maximum Gasteiger partial charge on any atom is 0.329 e. The molecular formula is C55H88NO15P. The first-order chi connectivity index (χ1) is 34.0. The second-order valence-corrected chi connectivity index (χ2v) is 23.3. The average molecular weight is 1030 g/mol. The van der Waals surface area contributed by atoms with E-state index < -0.39 is 103 Å². The fraction of sp³-hybridized carbons (Fsp3) is 0.764. The smallest absolute Gasteiger partial charge is 0.329 e. The van der Waals surface area contributed by atoms with Gasteiger partial charge < -0.3 is 47.8 Å². The summed E-state index contributed by atoms with van der Waals surface area (Å²) in [5.41, 5.74) is 1.17. The molecule has 1 saturated carbocycles. The highest BCUT2D eigenvalue weighted by Gasteiger charge is 2.53. The molecule has 2 N–H and O–H groups in total. The average Bonchev–Trinajstić information content (AvgIpc) is 3.35. The maximum absolute atomic E-state index is 14.5. The standard InChI is InChI=1S/C55H88NO15P/c1-13-27-68-72(12,64)71-45-25-23-41(31-48(45)66-10)30-37(5)47-33-44(57)36(4)29-39(7)50(59)51(67-11)49(58)38(6)28-34(2)19-15-14-16-20-35(3)46(65-9)32-42-24-22-40(8)55(63,70-42)52(60)53(61)56-26-18-17-21-43(56)54(62)69-47/h14-16,19-20,29,34,37-43,45-48,50-51,59,63H,13,17-18,21-28,30-33H2,1-12H3/t34-,37-,38-,39?,40-,41+,42+,43+,45-,46+,47?,48-,50-,51+,55-,72?/m1/s1. The number of Topliss-reactive ketones (excluding diaryl/α,β-unsaturated/α-hetero) is 3. The first-order valence-electron chi connectivity index (χ1n) is 26.4. The van der Waals surface area contributed by atoms with Gasteiger partial charge in [-0.15, -0.1) is 0 Å². The summed E-state index contributed by atoms with van der Waals surface area (Å²) in [5.74, 6) is -8.22. The van der Waals surface area contributed by atoms with E-state index in [0.29, 0.717) is 82.8 Å². The minimum absolute atomic E-state index is 0.00915. The number of fused-ring (bicyclic) bond motifs is 3. The van der Waals surface area contributed by atoms with Gasteiger partial charge in [0.05, 0.1) is 37.1 Å². The summed E-state index contributed by atoms with van der Waals surface area (Å²) < 4.78 is 54.4. The van der Waals surface area contributed by atoms with Gasteiger partial charge >= 0.3 is 13.6 Å². The Kier molecular flexibility index (Phi) is 24.4. The van der Waals surface area contributed by atoms with E-state index in [1.807, 2.05) is 65.0 Å². The van der Waals surface area contributed by atoms with Crippen LogP contribution in [-0.2, 0) is 61.3 Å². The van der Waals surface area contributed by atoms with Crippen molar-refractivity contribution in [1.82, 2.24) is 4.90 Å². The van der Waals surface area contributed by atoms with E-state index in [1.54, 1.807) is 41.1 Å². The first kappa shape index (κ1) is 61.4. The second-order valence-electron chi connectivity index (χ2n) is 21.3. The molecular weight excluding hydrogens is 946 g/mol. The minimum Gasteiger partial charge on any atom is -0.460 e. The van der Waals surface area contributed by atoms with Gasteiger partial charge in [-0.3, -0.25) is 23.7 Å². The van der Waals surface area contributed by atoms with Crippen LogP contribution < -0.4 is 0 Å². The molecule has 2 saturated heterocycles. The molecule has 17 heteroatoms. The molecule has 2 bridgehead atoms. The summed E-state index contributed by atoms with van der Waals surface area (Å²) in [4.78, 5) is 72.4. The Labute approximate surface area is 429 Å². The van der Waals surface area contributed by atoms with Gasteiger partial charge in [-0.05, 0) is 113 Å². The van der Waals surface area contributed by atoms with Crippen LogP contribution in [-0.4, -0.2) is 140 Å². The number of cyclic esters (lactones) is 1. The lowest BCUT2D eigenvalue weighted by atomic mass is 9.78. The number of piperidine rings is 1. The monoisotopic (exact) mass is 1030 g/mol. The zero-order valence-electron chi connectivity index (χ0n) is 45.2. The van der Waals surface area contributed by atoms with E-state index in [-0.39, 0.29) is 42.8 Å². The van der Waals surface area contributed by atoms with Crippen LogP contribution in [0.5, 0.6) is 0 Å². The molecule has 72 heavy (non-hydrogen) atoms. The lowest BCUT2D eigenvalue weighted by Gasteiger charge is -2.42. The molecule has 0 radical (unpaired) electrons. The van der Waals surface area contributed by atoms with Crippen molar-refractivity contribution in [1.29, 1.82) is 0 Å². The molecule has 4 rings (SSSR count). The van der Waals surface area contributed by atoms with Crippen molar-refractivity contribution in [2.75, 3.05) is 41.1 Å². The zero-order valence-corrected chi connectivity index (χ0v) is 46.1. The first-order valence-corrected chi connectivity index (χ1v) is 28.4. The van der Waals surface area contributed by atoms with Crippen LogP contribution in [0.3, 0.4) is 0 Å². The van der Waals surface area contributed by atoms with Gasteiger partial charge in [0.1, 0.15) is 18.2 Å². The number of nitrogens with zero attached hydrogens (tertiary/aromatic N) is 1. The van der Waals surface area contributed by atoms with Crippen LogP contribution in [0.15, 0.2) is 47.6 Å². The third kappa shape index (κ3) is 16.9. The van der Waals surface area contributed by atoms with Gasteiger partial charge in [-0.1, -0.05) is 78.0 Å². The van der Waals surface area contributed by atoms with Crippen molar-refractivity contribution in [3.05, 3.63) is 47.6 Å². The molecule has 3 heterocycles. The van der Waals surface area contributed by atoms with Crippen molar-refractivity contribution in [3.8, 4) is 0 Å². The van der Waals surface area contributed by atoms with Gasteiger partial charge in [-0.25, -0.2) is 4.79 Å². The van der Waals surface area contributed by atoms with Crippen molar-refractivity contribution in [2.24, 2.45) is 35.5 Å². The Balaban J connectivity index is 1.69. The van der Waals surface area contributed by atoms with Gasteiger partial charge in [-0.2, -0.15) is 0 Å². The zero-order chi connectivity index (χ0) is 53.5. The van der Waals surface area contributed by atoms with Crippen molar-refractivity contribution in [3.63, 3.8) is 0 Å². The summed E-state index contributed by atoms with van der Waals surface area (Å²) in [6.45, 7) is 16.4. The van der Waals surface area contributed by atoms with E-state index in [9.17, 15) is 38.8 Å². The van der Waals surface area contributed by atoms with Gasteiger partial charge in [0.2, 0.25) is 5.79 Å². The van der Waals surface area contributed by atoms with Crippen LogP contribution in [0.25, 0.3) is 0 Å². The Morgan fingerprint density at radius 3 is 2.28 bits per heavy atom. The summed E-state index contributed by atoms with van der Waals surface area (Å²) in [7, 11) is 1.20. The Morgan fingerprint density at radius 1 is 0.889 bits per heavy atom. The number of ketones is 3.